The largest absolute Gasteiger partial charge is 0.391 e. The van der Waals surface area contributed by atoms with E-state index in [0.29, 0.717) is 35.9 Å². The van der Waals surface area contributed by atoms with E-state index in [9.17, 15) is 4.39 Å². The predicted octanol–water partition coefficient (Wildman–Crippen LogP) is 4.53. The highest BCUT2D eigenvalue weighted by atomic mass is 35.5. The molecule has 31 heavy (non-hydrogen) atoms. The van der Waals surface area contributed by atoms with Gasteiger partial charge in [0.1, 0.15) is 17.7 Å². The summed E-state index contributed by atoms with van der Waals surface area (Å²) in [5.74, 6) is 0.657. The number of hydrogen-bond acceptors (Lipinski definition) is 5. The second kappa shape index (κ2) is 13.2. The maximum absolute atomic E-state index is 14.8. The van der Waals surface area contributed by atoms with Crippen molar-refractivity contribution in [2.45, 2.75) is 52.7 Å². The molecule has 2 fully saturated rings. The Kier molecular flexibility index (Phi) is 10.7. The maximum Gasteiger partial charge on any atom is 0.170 e. The van der Waals surface area contributed by atoms with Crippen LogP contribution in [0, 0.1) is 5.82 Å². The Bertz CT molecular complexity index is 769. The quantitative estimate of drug-likeness (QED) is 0.361. The van der Waals surface area contributed by atoms with Crippen LogP contribution < -0.4 is 11.1 Å². The molecule has 0 unspecified atom stereocenters. The molecule has 0 spiro atoms. The molecule has 0 aromatic heterocycles. The van der Waals surface area contributed by atoms with Gasteiger partial charge in [-0.15, -0.1) is 0 Å². The van der Waals surface area contributed by atoms with Crippen molar-refractivity contribution in [2.24, 2.45) is 10.9 Å². The Labute approximate surface area is 189 Å². The van der Waals surface area contributed by atoms with Crippen molar-refractivity contribution in [3.8, 4) is 0 Å². The molecule has 3 N–H and O–H groups in total. The van der Waals surface area contributed by atoms with Crippen LogP contribution in [0.2, 0.25) is 5.02 Å². The number of nitrogens with two attached hydrogens (primary N) is 1. The van der Waals surface area contributed by atoms with Crippen molar-refractivity contribution in [3.05, 3.63) is 58.1 Å². The summed E-state index contributed by atoms with van der Waals surface area (Å²) >= 11 is 6.39. The van der Waals surface area contributed by atoms with Gasteiger partial charge in [0.25, 0.3) is 0 Å². The van der Waals surface area contributed by atoms with Crippen molar-refractivity contribution in [1.82, 2.24) is 10.2 Å². The third-order valence-electron chi connectivity index (χ3n) is 4.91. The first-order chi connectivity index (χ1) is 15.1. The number of allylic oxidation sites excluding steroid dienone is 3. The van der Waals surface area contributed by atoms with Crippen LogP contribution in [-0.2, 0) is 16.1 Å². The van der Waals surface area contributed by atoms with Crippen LogP contribution in [0.3, 0.4) is 0 Å². The molecule has 2 saturated heterocycles. The molecular weight excluding hydrogens is 419 g/mol. The first kappa shape index (κ1) is 25.0. The molecular formula is C23H34ClFN4O2. The molecule has 2 aliphatic heterocycles. The predicted molar refractivity (Wildman–Crippen MR) is 124 cm³/mol. The van der Waals surface area contributed by atoms with Gasteiger partial charge < -0.3 is 25.5 Å². The van der Waals surface area contributed by atoms with E-state index in [4.69, 9.17) is 26.9 Å². The Hall–Kier alpha value is -2.25. The lowest BCUT2D eigenvalue weighted by Crippen LogP contribution is -2.24. The van der Waals surface area contributed by atoms with Gasteiger partial charge >= 0.3 is 0 Å². The van der Waals surface area contributed by atoms with Gasteiger partial charge in [0.15, 0.2) is 5.84 Å². The summed E-state index contributed by atoms with van der Waals surface area (Å²) in [6.07, 6.45) is 8.52. The van der Waals surface area contributed by atoms with Crippen LogP contribution in [0.4, 0.5) is 4.39 Å². The molecule has 3 rings (SSSR count). The monoisotopic (exact) mass is 452 g/mol. The Balaban J connectivity index is 0.00000166. The molecule has 0 saturated carbocycles. The summed E-state index contributed by atoms with van der Waals surface area (Å²) in [5, 5.41) is 7.59. The summed E-state index contributed by atoms with van der Waals surface area (Å²) in [7, 11) is 0. The molecule has 2 heterocycles. The molecule has 0 radical (unpaired) electrons. The lowest BCUT2D eigenvalue weighted by molar-refractivity contribution is -0.0300. The van der Waals surface area contributed by atoms with Crippen LogP contribution in [0.15, 0.2) is 41.3 Å². The van der Waals surface area contributed by atoms with Gasteiger partial charge in [0.2, 0.25) is 0 Å². The fraction of sp³-hybridized carbons (Fsp3) is 0.522. The fourth-order valence-corrected chi connectivity index (χ4v) is 3.50. The number of ether oxygens (including phenoxy) is 1. The van der Waals surface area contributed by atoms with Gasteiger partial charge in [-0.2, -0.15) is 0 Å². The first-order valence-corrected chi connectivity index (χ1v) is 11.4. The van der Waals surface area contributed by atoms with Crippen molar-refractivity contribution in [2.75, 3.05) is 26.3 Å². The summed E-state index contributed by atoms with van der Waals surface area (Å²) in [5.41, 5.74) is 6.82. The summed E-state index contributed by atoms with van der Waals surface area (Å²) in [4.78, 5) is 7.53. The minimum absolute atomic E-state index is 0.0310. The van der Waals surface area contributed by atoms with Crippen LogP contribution in [0.25, 0.3) is 0 Å². The molecule has 0 amide bonds. The van der Waals surface area contributed by atoms with Crippen molar-refractivity contribution in [3.63, 3.8) is 0 Å². The van der Waals surface area contributed by atoms with Gasteiger partial charge in [0.05, 0.1) is 13.2 Å². The van der Waals surface area contributed by atoms with Crippen LogP contribution in [0.5, 0.6) is 0 Å². The molecule has 2 aliphatic rings. The summed E-state index contributed by atoms with van der Waals surface area (Å²) in [6.45, 7) is 9.34. The molecule has 6 nitrogen and oxygen atoms in total. The zero-order chi connectivity index (χ0) is 22.6. The van der Waals surface area contributed by atoms with Crippen molar-refractivity contribution in [1.29, 1.82) is 0 Å². The number of halogens is 2. The number of oxime groups is 1. The third-order valence-corrected chi connectivity index (χ3v) is 5.25. The Morgan fingerprint density at radius 3 is 2.81 bits per heavy atom. The topological polar surface area (TPSA) is 72.1 Å². The normalized spacial score (nSPS) is 18.8. The van der Waals surface area contributed by atoms with E-state index in [-0.39, 0.29) is 11.9 Å². The van der Waals surface area contributed by atoms with Gasteiger partial charge in [-0.25, -0.2) is 4.39 Å². The van der Waals surface area contributed by atoms with Gasteiger partial charge in [-0.1, -0.05) is 49.7 Å². The highest BCUT2D eigenvalue weighted by Gasteiger charge is 2.20. The smallest absolute Gasteiger partial charge is 0.170 e. The molecule has 0 bridgehead atoms. The van der Waals surface area contributed by atoms with Gasteiger partial charge in [-0.05, 0) is 24.6 Å². The summed E-state index contributed by atoms with van der Waals surface area (Å²) < 4.78 is 20.1. The number of nitrogens with zero attached hydrogens (tertiary/aromatic N) is 2. The average molecular weight is 453 g/mol. The molecule has 1 aromatic rings. The number of hydrogen-bond donors (Lipinski definition) is 2. The van der Waals surface area contributed by atoms with Crippen molar-refractivity contribution >= 4 is 17.4 Å². The number of amidine groups is 1. The second-order valence-electron chi connectivity index (χ2n) is 7.05. The lowest BCUT2D eigenvalue weighted by Gasteiger charge is -2.21. The van der Waals surface area contributed by atoms with E-state index in [0.717, 1.165) is 38.2 Å². The maximum atomic E-state index is 14.8. The molecule has 0 atom stereocenters. The number of benzene rings is 1. The van der Waals surface area contributed by atoms with Gasteiger partial charge in [0, 0.05) is 48.6 Å². The summed E-state index contributed by atoms with van der Waals surface area (Å²) in [6, 6.07) is 2.99. The standard InChI is InChI=1S/C21H28ClFN4O2.C2H6/c1-2-3-4-5-20-25-8-9-27(20)14-17-18(22)12-15(13-19(17)23)21(24)26-29-16-6-10-28-11-7-16;1-2/h3-5,12-13,16,25H,2,6-11,14H2,1H3,(H2,24,26);1-2H3/b4-3+,20-5+;. The Morgan fingerprint density at radius 1 is 1.39 bits per heavy atom. The molecule has 0 aliphatic carbocycles. The van der Waals surface area contributed by atoms with Crippen LogP contribution in [-0.4, -0.2) is 43.1 Å². The minimum Gasteiger partial charge on any atom is -0.391 e. The molecule has 8 heteroatoms. The van der Waals surface area contributed by atoms with E-state index < -0.39 is 5.82 Å². The van der Waals surface area contributed by atoms with E-state index in [1.807, 2.05) is 26.0 Å². The zero-order valence-electron chi connectivity index (χ0n) is 18.7. The lowest BCUT2D eigenvalue weighted by atomic mass is 10.1. The van der Waals surface area contributed by atoms with Gasteiger partial charge in [-0.3, -0.25) is 0 Å². The number of rotatable bonds is 7. The van der Waals surface area contributed by atoms with E-state index in [1.165, 1.54) is 6.07 Å². The van der Waals surface area contributed by atoms with Crippen LogP contribution >= 0.6 is 11.6 Å². The van der Waals surface area contributed by atoms with E-state index in [1.54, 1.807) is 6.07 Å². The first-order valence-electron chi connectivity index (χ1n) is 11.0. The zero-order valence-corrected chi connectivity index (χ0v) is 19.4. The molecule has 172 valence electrons. The highest BCUT2D eigenvalue weighted by Crippen LogP contribution is 2.25. The SMILES string of the molecule is CC.CC/C=C/C=C1\NCCN1Cc1c(F)cc(/C(N)=N\OC2CCOCC2)cc1Cl. The fourth-order valence-electron chi connectivity index (χ4n) is 3.23. The number of nitrogens with one attached hydrogen (secondary N) is 1. The average Bonchev–Trinajstić information content (AvgIpc) is 3.23. The third kappa shape index (κ3) is 7.43. The second-order valence-corrected chi connectivity index (χ2v) is 7.46. The van der Waals surface area contributed by atoms with E-state index in [2.05, 4.69) is 28.4 Å². The highest BCUT2D eigenvalue weighted by molar-refractivity contribution is 6.31. The van der Waals surface area contributed by atoms with Crippen LogP contribution in [0.1, 0.15) is 51.2 Å². The Morgan fingerprint density at radius 2 is 2.13 bits per heavy atom. The molecule has 1 aromatic carbocycles. The van der Waals surface area contributed by atoms with Crippen molar-refractivity contribution < 1.29 is 14.0 Å². The van der Waals surface area contributed by atoms with E-state index >= 15 is 0 Å². The minimum atomic E-state index is -0.410.